The van der Waals surface area contributed by atoms with E-state index in [-0.39, 0.29) is 24.3 Å². The van der Waals surface area contributed by atoms with E-state index >= 15 is 0 Å². The van der Waals surface area contributed by atoms with Crippen LogP contribution in [0.15, 0.2) is 35.3 Å². The zero-order valence-corrected chi connectivity index (χ0v) is 14.3. The van der Waals surface area contributed by atoms with Crippen LogP contribution < -0.4 is 16.0 Å². The number of amides is 1. The van der Waals surface area contributed by atoms with Crippen molar-refractivity contribution in [3.05, 3.63) is 35.9 Å². The quantitative estimate of drug-likeness (QED) is 0.307. The second-order valence-corrected chi connectivity index (χ2v) is 6.00. The van der Waals surface area contributed by atoms with Gasteiger partial charge in [-0.2, -0.15) is 0 Å². The molecule has 0 heterocycles. The van der Waals surface area contributed by atoms with Crippen LogP contribution in [0.1, 0.15) is 31.2 Å². The number of carbonyl (C=O) groups is 1. The zero-order valence-electron chi connectivity index (χ0n) is 14.3. The Morgan fingerprint density at radius 3 is 2.54 bits per heavy atom. The highest BCUT2D eigenvalue weighted by molar-refractivity contribution is 5.81. The molecular weight excluding hydrogens is 304 g/mol. The van der Waals surface area contributed by atoms with Gasteiger partial charge in [0.2, 0.25) is 5.91 Å². The molecule has 1 amide bonds. The van der Waals surface area contributed by atoms with Gasteiger partial charge in [0, 0.05) is 31.5 Å². The van der Waals surface area contributed by atoms with E-state index in [1.165, 1.54) is 0 Å². The molecule has 0 spiro atoms. The molecule has 0 saturated heterocycles. The van der Waals surface area contributed by atoms with Crippen molar-refractivity contribution in [3.63, 3.8) is 0 Å². The first-order chi connectivity index (χ1) is 11.7. The Labute approximate surface area is 143 Å². The number of aliphatic hydroxyl groups excluding tert-OH is 1. The number of nitrogens with zero attached hydrogens (tertiary/aromatic N) is 1. The molecule has 0 bridgehead atoms. The number of rotatable bonds is 9. The van der Waals surface area contributed by atoms with Crippen molar-refractivity contribution in [1.82, 2.24) is 16.0 Å². The van der Waals surface area contributed by atoms with Crippen molar-refractivity contribution in [2.45, 2.75) is 25.7 Å². The Morgan fingerprint density at radius 1 is 1.21 bits per heavy atom. The SMILES string of the molecule is CCNC(=NCC(CO)c1ccccc1)NCCNC(=O)C1CC1. The summed E-state index contributed by atoms with van der Waals surface area (Å²) in [5, 5.41) is 18.9. The van der Waals surface area contributed by atoms with Gasteiger partial charge < -0.3 is 21.1 Å². The van der Waals surface area contributed by atoms with E-state index < -0.39 is 0 Å². The molecule has 1 unspecified atom stereocenters. The molecule has 1 aromatic rings. The van der Waals surface area contributed by atoms with Gasteiger partial charge in [-0.3, -0.25) is 9.79 Å². The molecule has 1 aromatic carbocycles. The fourth-order valence-corrected chi connectivity index (χ4v) is 2.39. The molecule has 0 aliphatic heterocycles. The molecule has 6 nitrogen and oxygen atoms in total. The van der Waals surface area contributed by atoms with E-state index in [1.807, 2.05) is 37.3 Å². The molecule has 1 aliphatic rings. The maximum Gasteiger partial charge on any atom is 0.223 e. The number of benzene rings is 1. The predicted octanol–water partition coefficient (Wildman–Crippen LogP) is 0.844. The van der Waals surface area contributed by atoms with Crippen LogP contribution in [-0.2, 0) is 4.79 Å². The summed E-state index contributed by atoms with van der Waals surface area (Å²) in [6.45, 7) is 4.54. The lowest BCUT2D eigenvalue weighted by molar-refractivity contribution is -0.122. The van der Waals surface area contributed by atoms with Gasteiger partial charge in [0.1, 0.15) is 0 Å². The van der Waals surface area contributed by atoms with E-state index in [1.54, 1.807) is 0 Å². The van der Waals surface area contributed by atoms with Crippen molar-refractivity contribution in [3.8, 4) is 0 Å². The fourth-order valence-electron chi connectivity index (χ4n) is 2.39. The van der Waals surface area contributed by atoms with Crippen LogP contribution in [0.2, 0.25) is 0 Å². The number of nitrogens with one attached hydrogen (secondary N) is 3. The van der Waals surface area contributed by atoms with E-state index in [0.29, 0.717) is 25.6 Å². The minimum atomic E-state index is -0.0174. The van der Waals surface area contributed by atoms with Gasteiger partial charge in [-0.05, 0) is 25.3 Å². The minimum Gasteiger partial charge on any atom is -0.396 e. The van der Waals surface area contributed by atoms with Gasteiger partial charge in [0.25, 0.3) is 0 Å². The van der Waals surface area contributed by atoms with Gasteiger partial charge in [-0.25, -0.2) is 0 Å². The smallest absolute Gasteiger partial charge is 0.223 e. The predicted molar refractivity (Wildman–Crippen MR) is 96.0 cm³/mol. The van der Waals surface area contributed by atoms with Gasteiger partial charge in [0.05, 0.1) is 13.2 Å². The molecule has 4 N–H and O–H groups in total. The zero-order chi connectivity index (χ0) is 17.2. The van der Waals surface area contributed by atoms with Gasteiger partial charge in [-0.1, -0.05) is 30.3 Å². The molecule has 1 aliphatic carbocycles. The molecule has 24 heavy (non-hydrogen) atoms. The van der Waals surface area contributed by atoms with E-state index in [2.05, 4.69) is 20.9 Å². The molecule has 1 fully saturated rings. The molecule has 0 radical (unpaired) electrons. The molecule has 0 aromatic heterocycles. The lowest BCUT2D eigenvalue weighted by Gasteiger charge is -2.15. The van der Waals surface area contributed by atoms with E-state index in [4.69, 9.17) is 0 Å². The molecular formula is C18H28N4O2. The van der Waals surface area contributed by atoms with Crippen molar-refractivity contribution in [2.75, 3.05) is 32.8 Å². The van der Waals surface area contributed by atoms with E-state index in [0.717, 1.165) is 24.9 Å². The van der Waals surface area contributed by atoms with Crippen LogP contribution in [-0.4, -0.2) is 49.8 Å². The third-order valence-electron chi connectivity index (χ3n) is 3.97. The normalized spacial score (nSPS) is 15.7. The van der Waals surface area contributed by atoms with Gasteiger partial charge in [-0.15, -0.1) is 0 Å². The Bertz CT molecular complexity index is 529. The summed E-state index contributed by atoms with van der Waals surface area (Å²) < 4.78 is 0. The Hall–Kier alpha value is -2.08. The largest absolute Gasteiger partial charge is 0.396 e. The average molecular weight is 332 g/mol. The Morgan fingerprint density at radius 2 is 1.92 bits per heavy atom. The van der Waals surface area contributed by atoms with Crippen LogP contribution in [0.3, 0.4) is 0 Å². The third-order valence-corrected chi connectivity index (χ3v) is 3.97. The Balaban J connectivity index is 1.79. The summed E-state index contributed by atoms with van der Waals surface area (Å²) in [5.74, 6) is 1.08. The summed E-state index contributed by atoms with van der Waals surface area (Å²) in [4.78, 5) is 16.1. The minimum absolute atomic E-state index is 0.0174. The highest BCUT2D eigenvalue weighted by Gasteiger charge is 2.28. The summed E-state index contributed by atoms with van der Waals surface area (Å²) in [5.41, 5.74) is 1.08. The summed E-state index contributed by atoms with van der Waals surface area (Å²) >= 11 is 0. The molecule has 1 saturated carbocycles. The van der Waals surface area contributed by atoms with Crippen LogP contribution in [0.4, 0.5) is 0 Å². The standard InChI is InChI=1S/C18H28N4O2/c1-2-19-18(21-11-10-20-17(24)15-8-9-15)22-12-16(13-23)14-6-4-3-5-7-14/h3-7,15-16,23H,2,8-13H2,1H3,(H,20,24)(H2,19,21,22). The van der Waals surface area contributed by atoms with E-state index in [9.17, 15) is 9.90 Å². The summed E-state index contributed by atoms with van der Waals surface area (Å²) in [7, 11) is 0. The second kappa shape index (κ2) is 9.93. The number of carbonyl (C=O) groups excluding carboxylic acids is 1. The maximum atomic E-state index is 11.6. The first kappa shape index (κ1) is 18.3. The lowest BCUT2D eigenvalue weighted by atomic mass is 10.0. The fraction of sp³-hybridized carbons (Fsp3) is 0.556. The van der Waals surface area contributed by atoms with Crippen molar-refractivity contribution >= 4 is 11.9 Å². The Kier molecular flexibility index (Phi) is 7.55. The third kappa shape index (κ3) is 6.20. The first-order valence-corrected chi connectivity index (χ1v) is 8.70. The van der Waals surface area contributed by atoms with Gasteiger partial charge >= 0.3 is 0 Å². The number of aliphatic hydroxyl groups is 1. The average Bonchev–Trinajstić information content (AvgIpc) is 3.45. The summed E-state index contributed by atoms with van der Waals surface area (Å²) in [6.07, 6.45) is 2.04. The molecule has 6 heteroatoms. The first-order valence-electron chi connectivity index (χ1n) is 8.70. The highest BCUT2D eigenvalue weighted by atomic mass is 16.3. The molecule has 1 atom stereocenters. The van der Waals surface area contributed by atoms with Crippen molar-refractivity contribution in [2.24, 2.45) is 10.9 Å². The topological polar surface area (TPSA) is 85.8 Å². The number of guanidine groups is 1. The van der Waals surface area contributed by atoms with Crippen LogP contribution in [0, 0.1) is 5.92 Å². The lowest BCUT2D eigenvalue weighted by Crippen LogP contribution is -2.42. The molecule has 2 rings (SSSR count). The number of aliphatic imine (C=N–C) groups is 1. The van der Waals surface area contributed by atoms with Gasteiger partial charge in [0.15, 0.2) is 5.96 Å². The van der Waals surface area contributed by atoms with Crippen LogP contribution in [0.25, 0.3) is 0 Å². The van der Waals surface area contributed by atoms with Crippen molar-refractivity contribution < 1.29 is 9.90 Å². The molecule has 132 valence electrons. The second-order valence-electron chi connectivity index (χ2n) is 6.00. The number of hydrogen-bond donors (Lipinski definition) is 4. The monoisotopic (exact) mass is 332 g/mol. The maximum absolute atomic E-state index is 11.6. The van der Waals surface area contributed by atoms with Crippen LogP contribution in [0.5, 0.6) is 0 Å². The highest BCUT2D eigenvalue weighted by Crippen LogP contribution is 2.28. The van der Waals surface area contributed by atoms with Crippen LogP contribution >= 0.6 is 0 Å². The number of hydrogen-bond acceptors (Lipinski definition) is 3. The van der Waals surface area contributed by atoms with Crippen molar-refractivity contribution in [1.29, 1.82) is 0 Å². The summed E-state index contributed by atoms with van der Waals surface area (Å²) in [6, 6.07) is 9.90.